The van der Waals surface area contributed by atoms with E-state index in [0.29, 0.717) is 0 Å². The zero-order valence-electron chi connectivity index (χ0n) is 12.3. The van der Waals surface area contributed by atoms with Crippen LogP contribution in [-0.2, 0) is 6.54 Å². The van der Waals surface area contributed by atoms with E-state index in [0.717, 1.165) is 25.9 Å². The molecule has 1 aromatic carbocycles. The van der Waals surface area contributed by atoms with Crippen LogP contribution in [0.2, 0.25) is 0 Å². The normalized spacial score (nSPS) is 21.6. The summed E-state index contributed by atoms with van der Waals surface area (Å²) in [6.45, 7) is 3.97. The van der Waals surface area contributed by atoms with Gasteiger partial charge in [0.2, 0.25) is 0 Å². The van der Waals surface area contributed by atoms with Gasteiger partial charge in [0.15, 0.2) is 0 Å². The minimum atomic E-state index is -0.423. The first kappa shape index (κ1) is 13.9. The number of aliphatic hydroxyl groups is 1. The Balaban J connectivity index is 1.48. The number of anilines is 1. The van der Waals surface area contributed by atoms with E-state index in [1.165, 1.54) is 50.0 Å². The molecule has 2 N–H and O–H groups in total. The highest BCUT2D eigenvalue weighted by molar-refractivity contribution is 5.47. The van der Waals surface area contributed by atoms with Crippen LogP contribution in [0, 0.1) is 0 Å². The summed E-state index contributed by atoms with van der Waals surface area (Å²) in [7, 11) is 0. The van der Waals surface area contributed by atoms with E-state index in [2.05, 4.69) is 34.5 Å². The summed E-state index contributed by atoms with van der Waals surface area (Å²) in [6, 6.07) is 8.89. The van der Waals surface area contributed by atoms with Gasteiger partial charge in [-0.25, -0.2) is 0 Å². The standard InChI is InChI=1S/C17H26N2O/c20-17(9-4-10-17)14-18-13-15-5-7-16(8-6-15)19-11-2-1-3-12-19/h5-8,18,20H,1-4,9-14H2. The Morgan fingerprint density at radius 1 is 1.00 bits per heavy atom. The lowest BCUT2D eigenvalue weighted by Gasteiger charge is -2.36. The maximum Gasteiger partial charge on any atom is 0.0771 e. The lowest BCUT2D eigenvalue weighted by atomic mass is 9.80. The number of rotatable bonds is 5. The van der Waals surface area contributed by atoms with E-state index in [9.17, 15) is 5.11 Å². The van der Waals surface area contributed by atoms with Gasteiger partial charge in [-0.15, -0.1) is 0 Å². The van der Waals surface area contributed by atoms with Crippen LogP contribution in [0.15, 0.2) is 24.3 Å². The minimum Gasteiger partial charge on any atom is -0.389 e. The second-order valence-electron chi connectivity index (χ2n) is 6.40. The molecule has 1 saturated heterocycles. The third-order valence-electron chi connectivity index (χ3n) is 4.72. The molecule has 3 heteroatoms. The van der Waals surface area contributed by atoms with E-state index in [1.54, 1.807) is 0 Å². The second-order valence-corrected chi connectivity index (χ2v) is 6.40. The highest BCUT2D eigenvalue weighted by Crippen LogP contribution is 2.30. The van der Waals surface area contributed by atoms with E-state index in [4.69, 9.17) is 0 Å². The first-order valence-electron chi connectivity index (χ1n) is 8.02. The van der Waals surface area contributed by atoms with Crippen LogP contribution in [0.1, 0.15) is 44.1 Å². The van der Waals surface area contributed by atoms with Crippen molar-refractivity contribution in [2.45, 2.75) is 50.7 Å². The summed E-state index contributed by atoms with van der Waals surface area (Å²) in [4.78, 5) is 2.48. The average Bonchev–Trinajstić information content (AvgIpc) is 2.47. The number of hydrogen-bond donors (Lipinski definition) is 2. The molecule has 0 bridgehead atoms. The van der Waals surface area contributed by atoms with Crippen LogP contribution in [0.25, 0.3) is 0 Å². The molecule has 0 radical (unpaired) electrons. The maximum absolute atomic E-state index is 10.0. The van der Waals surface area contributed by atoms with Crippen LogP contribution in [0.3, 0.4) is 0 Å². The fourth-order valence-corrected chi connectivity index (χ4v) is 3.18. The number of benzene rings is 1. The highest BCUT2D eigenvalue weighted by atomic mass is 16.3. The first-order chi connectivity index (χ1) is 9.75. The Morgan fingerprint density at radius 2 is 1.70 bits per heavy atom. The Morgan fingerprint density at radius 3 is 2.30 bits per heavy atom. The molecule has 0 atom stereocenters. The molecular weight excluding hydrogens is 248 g/mol. The van der Waals surface area contributed by atoms with Crippen molar-refractivity contribution >= 4 is 5.69 Å². The molecule has 0 spiro atoms. The van der Waals surface area contributed by atoms with Gasteiger partial charge in [-0.3, -0.25) is 0 Å². The van der Waals surface area contributed by atoms with Gasteiger partial charge in [-0.2, -0.15) is 0 Å². The topological polar surface area (TPSA) is 35.5 Å². The van der Waals surface area contributed by atoms with Crippen molar-refractivity contribution < 1.29 is 5.11 Å². The van der Waals surface area contributed by atoms with Crippen molar-refractivity contribution in [2.75, 3.05) is 24.5 Å². The number of nitrogens with one attached hydrogen (secondary N) is 1. The van der Waals surface area contributed by atoms with Gasteiger partial charge in [-0.1, -0.05) is 12.1 Å². The number of hydrogen-bond acceptors (Lipinski definition) is 3. The first-order valence-corrected chi connectivity index (χ1v) is 8.02. The van der Waals surface area contributed by atoms with Gasteiger partial charge >= 0.3 is 0 Å². The summed E-state index contributed by atoms with van der Waals surface area (Å²) in [5.41, 5.74) is 2.23. The fraction of sp³-hybridized carbons (Fsp3) is 0.647. The van der Waals surface area contributed by atoms with Gasteiger partial charge in [0, 0.05) is 31.9 Å². The van der Waals surface area contributed by atoms with Crippen molar-refractivity contribution in [3.8, 4) is 0 Å². The molecule has 0 amide bonds. The molecule has 20 heavy (non-hydrogen) atoms. The summed E-state index contributed by atoms with van der Waals surface area (Å²) < 4.78 is 0. The van der Waals surface area contributed by atoms with Crippen LogP contribution in [-0.4, -0.2) is 30.3 Å². The van der Waals surface area contributed by atoms with E-state index in [-0.39, 0.29) is 0 Å². The van der Waals surface area contributed by atoms with Crippen LogP contribution >= 0.6 is 0 Å². The largest absolute Gasteiger partial charge is 0.389 e. The smallest absolute Gasteiger partial charge is 0.0771 e. The zero-order valence-corrected chi connectivity index (χ0v) is 12.3. The molecule has 2 aliphatic rings. The Kier molecular flexibility index (Phi) is 4.27. The SMILES string of the molecule is OC1(CNCc2ccc(N3CCCCC3)cc2)CCC1. The lowest BCUT2D eigenvalue weighted by Crippen LogP contribution is -2.45. The Hall–Kier alpha value is -1.06. The van der Waals surface area contributed by atoms with Crippen LogP contribution in [0.5, 0.6) is 0 Å². The summed E-state index contributed by atoms with van der Waals surface area (Å²) in [6.07, 6.45) is 7.09. The molecule has 3 nitrogen and oxygen atoms in total. The van der Waals surface area contributed by atoms with Crippen molar-refractivity contribution in [3.63, 3.8) is 0 Å². The maximum atomic E-state index is 10.0. The lowest BCUT2D eigenvalue weighted by molar-refractivity contribution is -0.0314. The number of nitrogens with zero attached hydrogens (tertiary/aromatic N) is 1. The predicted molar refractivity (Wildman–Crippen MR) is 83.0 cm³/mol. The van der Waals surface area contributed by atoms with Gasteiger partial charge in [0.05, 0.1) is 5.60 Å². The molecule has 1 aromatic rings. The Labute approximate surface area is 122 Å². The predicted octanol–water partition coefficient (Wildman–Crippen LogP) is 2.68. The molecule has 1 saturated carbocycles. The molecule has 1 aliphatic heterocycles. The van der Waals surface area contributed by atoms with Gasteiger partial charge in [-0.05, 0) is 56.2 Å². The van der Waals surface area contributed by atoms with Gasteiger partial charge < -0.3 is 15.3 Å². The van der Waals surface area contributed by atoms with E-state index >= 15 is 0 Å². The van der Waals surface area contributed by atoms with Crippen molar-refractivity contribution in [3.05, 3.63) is 29.8 Å². The van der Waals surface area contributed by atoms with Crippen molar-refractivity contribution in [1.82, 2.24) is 5.32 Å². The third kappa shape index (κ3) is 3.33. The van der Waals surface area contributed by atoms with Gasteiger partial charge in [0.25, 0.3) is 0 Å². The third-order valence-corrected chi connectivity index (χ3v) is 4.72. The van der Waals surface area contributed by atoms with E-state index in [1.807, 2.05) is 0 Å². The molecule has 1 heterocycles. The molecular formula is C17H26N2O. The summed E-state index contributed by atoms with van der Waals surface area (Å²) >= 11 is 0. The fourth-order valence-electron chi connectivity index (χ4n) is 3.18. The molecule has 0 aromatic heterocycles. The van der Waals surface area contributed by atoms with E-state index < -0.39 is 5.60 Å². The number of piperidine rings is 1. The average molecular weight is 274 g/mol. The minimum absolute atomic E-state index is 0.423. The van der Waals surface area contributed by atoms with Crippen molar-refractivity contribution in [2.24, 2.45) is 0 Å². The second kappa shape index (κ2) is 6.15. The zero-order chi connectivity index (χ0) is 13.8. The van der Waals surface area contributed by atoms with Gasteiger partial charge in [0.1, 0.15) is 0 Å². The molecule has 1 aliphatic carbocycles. The molecule has 110 valence electrons. The highest BCUT2D eigenvalue weighted by Gasteiger charge is 2.33. The molecule has 2 fully saturated rings. The summed E-state index contributed by atoms with van der Waals surface area (Å²) in [5.74, 6) is 0. The molecule has 0 unspecified atom stereocenters. The monoisotopic (exact) mass is 274 g/mol. The van der Waals surface area contributed by atoms with Crippen LogP contribution < -0.4 is 10.2 Å². The summed E-state index contributed by atoms with van der Waals surface area (Å²) in [5, 5.41) is 13.4. The van der Waals surface area contributed by atoms with Crippen molar-refractivity contribution in [1.29, 1.82) is 0 Å². The Bertz CT molecular complexity index is 419. The quantitative estimate of drug-likeness (QED) is 0.866. The van der Waals surface area contributed by atoms with Crippen LogP contribution in [0.4, 0.5) is 5.69 Å². The molecule has 3 rings (SSSR count).